The van der Waals surface area contributed by atoms with Gasteiger partial charge in [0.25, 0.3) is 0 Å². The van der Waals surface area contributed by atoms with E-state index in [1.54, 1.807) is 19.1 Å². The summed E-state index contributed by atoms with van der Waals surface area (Å²) in [5.41, 5.74) is 2.74. The first-order chi connectivity index (χ1) is 12.5. The Balaban J connectivity index is 1.81. The summed E-state index contributed by atoms with van der Waals surface area (Å²) in [4.78, 5) is 23.0. The van der Waals surface area contributed by atoms with Crippen LogP contribution in [0.4, 0.5) is 5.69 Å². The Morgan fingerprint density at radius 2 is 1.65 bits per heavy atom. The summed E-state index contributed by atoms with van der Waals surface area (Å²) in [6.07, 6.45) is 1.53. The summed E-state index contributed by atoms with van der Waals surface area (Å²) in [5.74, 6) is -0.454. The van der Waals surface area contributed by atoms with Crippen molar-refractivity contribution in [2.75, 3.05) is 11.9 Å². The molecule has 0 aliphatic carbocycles. The van der Waals surface area contributed by atoms with Crippen LogP contribution >= 0.6 is 0 Å². The van der Waals surface area contributed by atoms with Crippen molar-refractivity contribution in [1.82, 2.24) is 0 Å². The van der Waals surface area contributed by atoms with Crippen LogP contribution in [0.3, 0.4) is 0 Å². The lowest BCUT2D eigenvalue weighted by molar-refractivity contribution is -0.141. The molecule has 0 saturated carbocycles. The average molecular weight is 355 g/mol. The maximum atomic E-state index is 12.1. The van der Waals surface area contributed by atoms with E-state index in [9.17, 15) is 9.59 Å². The number of carbonyl (C=O) groups excluding carboxylic acids is 1. The maximum absolute atomic E-state index is 12.1. The first-order valence-electron chi connectivity index (χ1n) is 8.81. The lowest BCUT2D eigenvalue weighted by atomic mass is 10.0. The predicted molar refractivity (Wildman–Crippen MR) is 102 cm³/mol. The fourth-order valence-electron chi connectivity index (χ4n) is 2.57. The number of carboxylic acids is 1. The van der Waals surface area contributed by atoms with Gasteiger partial charge in [-0.1, -0.05) is 31.2 Å². The zero-order valence-electron chi connectivity index (χ0n) is 15.2. The number of rotatable bonds is 9. The van der Waals surface area contributed by atoms with Crippen molar-refractivity contribution in [3.8, 4) is 5.75 Å². The third-order valence-electron chi connectivity index (χ3n) is 4.08. The maximum Gasteiger partial charge on any atom is 0.306 e. The summed E-state index contributed by atoms with van der Waals surface area (Å²) >= 11 is 0. The molecule has 0 saturated heterocycles. The molecule has 2 aromatic rings. The van der Waals surface area contributed by atoms with Gasteiger partial charge in [-0.05, 0) is 55.2 Å². The molecule has 5 heteroatoms. The highest BCUT2D eigenvalue weighted by molar-refractivity contribution is 5.90. The Kier molecular flexibility index (Phi) is 7.21. The van der Waals surface area contributed by atoms with Crippen molar-refractivity contribution in [3.63, 3.8) is 0 Å². The summed E-state index contributed by atoms with van der Waals surface area (Å²) < 4.78 is 5.40. The molecule has 2 aromatic carbocycles. The van der Waals surface area contributed by atoms with Gasteiger partial charge in [-0.2, -0.15) is 0 Å². The lowest BCUT2D eigenvalue weighted by Crippen LogP contribution is -2.13. The van der Waals surface area contributed by atoms with Crippen molar-refractivity contribution in [1.29, 1.82) is 0 Å². The predicted octanol–water partition coefficient (Wildman–Crippen LogP) is 3.92. The molecule has 2 N–H and O–H groups in total. The summed E-state index contributed by atoms with van der Waals surface area (Å²) in [7, 11) is 0. The molecule has 2 rings (SSSR count). The second-order valence-corrected chi connectivity index (χ2v) is 6.27. The average Bonchev–Trinajstić information content (AvgIpc) is 2.63. The van der Waals surface area contributed by atoms with E-state index in [2.05, 4.69) is 5.32 Å². The van der Waals surface area contributed by atoms with E-state index < -0.39 is 11.9 Å². The van der Waals surface area contributed by atoms with Crippen LogP contribution in [0.5, 0.6) is 5.75 Å². The minimum atomic E-state index is -0.809. The molecule has 0 aromatic heterocycles. The second kappa shape index (κ2) is 9.61. The molecule has 0 radical (unpaired) electrons. The molecule has 0 aliphatic rings. The van der Waals surface area contributed by atoms with Crippen molar-refractivity contribution >= 4 is 17.6 Å². The molecule has 0 fully saturated rings. The van der Waals surface area contributed by atoms with E-state index in [4.69, 9.17) is 9.84 Å². The van der Waals surface area contributed by atoms with Crippen molar-refractivity contribution < 1.29 is 19.4 Å². The highest BCUT2D eigenvalue weighted by Gasteiger charge is 2.11. The van der Waals surface area contributed by atoms with Crippen LogP contribution in [0.25, 0.3) is 0 Å². The third-order valence-corrected chi connectivity index (χ3v) is 4.08. The molecule has 0 heterocycles. The number of hydrogen-bond donors (Lipinski definition) is 2. The summed E-state index contributed by atoms with van der Waals surface area (Å²) in [5, 5.41) is 11.8. The van der Waals surface area contributed by atoms with Gasteiger partial charge in [0.1, 0.15) is 5.75 Å². The number of amides is 1. The number of anilines is 1. The van der Waals surface area contributed by atoms with E-state index in [-0.39, 0.29) is 5.91 Å². The Labute approximate surface area is 154 Å². The third kappa shape index (κ3) is 6.24. The number of nitrogens with one attached hydrogen (secondary N) is 1. The van der Waals surface area contributed by atoms with Gasteiger partial charge < -0.3 is 15.2 Å². The Bertz CT molecular complexity index is 723. The molecule has 5 nitrogen and oxygen atoms in total. The van der Waals surface area contributed by atoms with E-state index in [0.717, 1.165) is 16.9 Å². The topological polar surface area (TPSA) is 75.6 Å². The molecule has 0 bridgehead atoms. The first kappa shape index (κ1) is 19.5. The van der Waals surface area contributed by atoms with Crippen LogP contribution in [0.2, 0.25) is 0 Å². The summed E-state index contributed by atoms with van der Waals surface area (Å²) in [6.45, 7) is 4.26. The Morgan fingerprint density at radius 1 is 1.04 bits per heavy atom. The number of aliphatic carboxylic acids is 1. The van der Waals surface area contributed by atoms with E-state index in [1.165, 1.54) is 0 Å². The molecule has 1 atom stereocenters. The molecular formula is C21H25NO4. The van der Waals surface area contributed by atoms with Crippen LogP contribution in [-0.4, -0.2) is 23.6 Å². The zero-order valence-corrected chi connectivity index (χ0v) is 15.2. The normalized spacial score (nSPS) is 11.6. The van der Waals surface area contributed by atoms with Gasteiger partial charge in [0.2, 0.25) is 5.91 Å². The fourth-order valence-corrected chi connectivity index (χ4v) is 2.57. The van der Waals surface area contributed by atoms with Gasteiger partial charge in [-0.3, -0.25) is 9.59 Å². The van der Waals surface area contributed by atoms with Crippen LogP contribution in [-0.2, 0) is 22.4 Å². The van der Waals surface area contributed by atoms with Gasteiger partial charge in [-0.15, -0.1) is 0 Å². The van der Waals surface area contributed by atoms with Gasteiger partial charge in [0, 0.05) is 12.1 Å². The van der Waals surface area contributed by atoms with Crippen LogP contribution < -0.4 is 10.1 Å². The number of carboxylic acid groups (broad SMARTS) is 1. The standard InChI is InChI=1S/C21H25NO4/c1-3-26-19-11-6-16(7-12-19)8-13-20(23)22-18-9-4-17(5-10-18)14-15(2)21(24)25/h4-7,9-12,15H,3,8,13-14H2,1-2H3,(H,22,23)(H,24,25). The van der Waals surface area contributed by atoms with E-state index >= 15 is 0 Å². The summed E-state index contributed by atoms with van der Waals surface area (Å²) in [6, 6.07) is 15.1. The fraction of sp³-hybridized carbons (Fsp3) is 0.333. The van der Waals surface area contributed by atoms with Crippen LogP contribution in [0.15, 0.2) is 48.5 Å². The SMILES string of the molecule is CCOc1ccc(CCC(=O)Nc2ccc(CC(C)C(=O)O)cc2)cc1. The largest absolute Gasteiger partial charge is 0.494 e. The number of ether oxygens (including phenoxy) is 1. The zero-order chi connectivity index (χ0) is 18.9. The minimum absolute atomic E-state index is 0.0504. The molecule has 1 amide bonds. The van der Waals surface area contributed by atoms with Crippen molar-refractivity contribution in [3.05, 3.63) is 59.7 Å². The Hall–Kier alpha value is -2.82. The number of hydrogen-bond acceptors (Lipinski definition) is 3. The van der Waals surface area contributed by atoms with Crippen molar-refractivity contribution in [2.45, 2.75) is 33.1 Å². The van der Waals surface area contributed by atoms with E-state index in [1.807, 2.05) is 43.3 Å². The lowest BCUT2D eigenvalue weighted by Gasteiger charge is -2.09. The number of aryl methyl sites for hydroxylation is 1. The quantitative estimate of drug-likeness (QED) is 0.715. The van der Waals surface area contributed by atoms with E-state index in [0.29, 0.717) is 31.6 Å². The molecule has 138 valence electrons. The number of benzene rings is 2. The van der Waals surface area contributed by atoms with Crippen LogP contribution in [0, 0.1) is 5.92 Å². The highest BCUT2D eigenvalue weighted by Crippen LogP contribution is 2.15. The van der Waals surface area contributed by atoms with Crippen LogP contribution in [0.1, 0.15) is 31.4 Å². The van der Waals surface area contributed by atoms with Gasteiger partial charge >= 0.3 is 5.97 Å². The first-order valence-corrected chi connectivity index (χ1v) is 8.81. The molecule has 1 unspecified atom stereocenters. The molecule has 0 spiro atoms. The minimum Gasteiger partial charge on any atom is -0.494 e. The molecular weight excluding hydrogens is 330 g/mol. The molecule has 26 heavy (non-hydrogen) atoms. The number of carbonyl (C=O) groups is 2. The highest BCUT2D eigenvalue weighted by atomic mass is 16.5. The molecule has 0 aliphatic heterocycles. The second-order valence-electron chi connectivity index (χ2n) is 6.27. The van der Waals surface area contributed by atoms with Crippen molar-refractivity contribution in [2.24, 2.45) is 5.92 Å². The van der Waals surface area contributed by atoms with Gasteiger partial charge in [0.05, 0.1) is 12.5 Å². The monoisotopic (exact) mass is 355 g/mol. The Morgan fingerprint density at radius 3 is 2.23 bits per heavy atom. The van der Waals surface area contributed by atoms with Gasteiger partial charge in [0.15, 0.2) is 0 Å². The van der Waals surface area contributed by atoms with Gasteiger partial charge in [-0.25, -0.2) is 0 Å². The smallest absolute Gasteiger partial charge is 0.306 e.